The van der Waals surface area contributed by atoms with Crippen molar-refractivity contribution in [2.45, 2.75) is 33.9 Å². The van der Waals surface area contributed by atoms with Crippen LogP contribution in [-0.2, 0) is 13.1 Å². The standard InChI is InChI=1S/C19H21FN4/c1-13-4-5-16(11-22-13)10-21-12-19-14(2)23-24(15(19)3)18-8-6-17(20)7-9-18/h4-9,11,21H,10,12H2,1-3H3. The van der Waals surface area contributed by atoms with Gasteiger partial charge in [0.05, 0.1) is 11.4 Å². The van der Waals surface area contributed by atoms with E-state index in [1.807, 2.05) is 37.7 Å². The molecule has 1 N–H and O–H groups in total. The van der Waals surface area contributed by atoms with E-state index in [0.29, 0.717) is 0 Å². The van der Waals surface area contributed by atoms with Crippen LogP contribution in [0.15, 0.2) is 42.6 Å². The molecule has 0 atom stereocenters. The molecule has 1 aromatic carbocycles. The van der Waals surface area contributed by atoms with Crippen molar-refractivity contribution in [1.29, 1.82) is 0 Å². The molecular formula is C19H21FN4. The number of halogens is 1. The lowest BCUT2D eigenvalue weighted by Crippen LogP contribution is -2.14. The Balaban J connectivity index is 1.72. The SMILES string of the molecule is Cc1ccc(CNCc2c(C)nn(-c3ccc(F)cc3)c2C)cn1. The van der Waals surface area contributed by atoms with Gasteiger partial charge in [-0.05, 0) is 56.7 Å². The summed E-state index contributed by atoms with van der Waals surface area (Å²) in [6.45, 7) is 7.50. The summed E-state index contributed by atoms with van der Waals surface area (Å²) in [6, 6.07) is 10.5. The lowest BCUT2D eigenvalue weighted by Gasteiger charge is -2.07. The van der Waals surface area contributed by atoms with Crippen molar-refractivity contribution < 1.29 is 4.39 Å². The van der Waals surface area contributed by atoms with Crippen LogP contribution in [0.3, 0.4) is 0 Å². The van der Waals surface area contributed by atoms with E-state index >= 15 is 0 Å². The third-order valence-corrected chi connectivity index (χ3v) is 4.12. The molecule has 0 amide bonds. The second-order valence-corrected chi connectivity index (χ2v) is 5.95. The number of rotatable bonds is 5. The first-order valence-corrected chi connectivity index (χ1v) is 7.98. The molecule has 5 heteroatoms. The summed E-state index contributed by atoms with van der Waals surface area (Å²) >= 11 is 0. The molecule has 0 aliphatic heterocycles. The fourth-order valence-electron chi connectivity index (χ4n) is 2.70. The molecule has 0 aliphatic rings. The molecule has 0 radical (unpaired) electrons. The van der Waals surface area contributed by atoms with E-state index in [1.165, 1.54) is 17.7 Å². The Morgan fingerprint density at radius 2 is 1.75 bits per heavy atom. The summed E-state index contributed by atoms with van der Waals surface area (Å²) < 4.78 is 15.0. The molecule has 0 saturated heterocycles. The van der Waals surface area contributed by atoms with Crippen LogP contribution in [0, 0.1) is 26.6 Å². The van der Waals surface area contributed by atoms with Gasteiger partial charge in [-0.15, -0.1) is 0 Å². The highest BCUT2D eigenvalue weighted by molar-refractivity contribution is 5.37. The third kappa shape index (κ3) is 3.51. The van der Waals surface area contributed by atoms with Crippen molar-refractivity contribution >= 4 is 0 Å². The fourth-order valence-corrected chi connectivity index (χ4v) is 2.70. The lowest BCUT2D eigenvalue weighted by atomic mass is 10.2. The summed E-state index contributed by atoms with van der Waals surface area (Å²) in [5.74, 6) is -0.242. The largest absolute Gasteiger partial charge is 0.308 e. The molecule has 24 heavy (non-hydrogen) atoms. The van der Waals surface area contributed by atoms with Crippen molar-refractivity contribution in [3.05, 3.63) is 76.6 Å². The van der Waals surface area contributed by atoms with Gasteiger partial charge in [0.2, 0.25) is 0 Å². The Hall–Kier alpha value is -2.53. The molecule has 0 bridgehead atoms. The zero-order chi connectivity index (χ0) is 17.1. The predicted octanol–water partition coefficient (Wildman–Crippen LogP) is 3.62. The van der Waals surface area contributed by atoms with Crippen LogP contribution < -0.4 is 5.32 Å². The summed E-state index contributed by atoms with van der Waals surface area (Å²) in [5.41, 5.74) is 6.25. The van der Waals surface area contributed by atoms with Crippen LogP contribution in [0.4, 0.5) is 4.39 Å². The van der Waals surface area contributed by atoms with Crippen molar-refractivity contribution in [2.24, 2.45) is 0 Å². The summed E-state index contributed by atoms with van der Waals surface area (Å²) in [5, 5.41) is 8.03. The Kier molecular flexibility index (Phi) is 4.71. The zero-order valence-corrected chi connectivity index (χ0v) is 14.2. The predicted molar refractivity (Wildman–Crippen MR) is 92.5 cm³/mol. The van der Waals surface area contributed by atoms with Gasteiger partial charge in [0.15, 0.2) is 0 Å². The molecule has 124 valence electrons. The molecule has 0 spiro atoms. The summed E-state index contributed by atoms with van der Waals surface area (Å²) in [6.07, 6.45) is 1.89. The Morgan fingerprint density at radius 1 is 1.00 bits per heavy atom. The number of benzene rings is 1. The zero-order valence-electron chi connectivity index (χ0n) is 14.2. The molecule has 0 saturated carbocycles. The van der Waals surface area contributed by atoms with Gasteiger partial charge in [-0.25, -0.2) is 9.07 Å². The smallest absolute Gasteiger partial charge is 0.123 e. The van der Waals surface area contributed by atoms with E-state index in [2.05, 4.69) is 21.5 Å². The molecule has 2 heterocycles. The first-order chi connectivity index (χ1) is 11.5. The number of aromatic nitrogens is 3. The van der Waals surface area contributed by atoms with Crippen LogP contribution in [0.1, 0.15) is 28.2 Å². The van der Waals surface area contributed by atoms with Crippen LogP contribution in [0.5, 0.6) is 0 Å². The average Bonchev–Trinajstić information content (AvgIpc) is 2.85. The van der Waals surface area contributed by atoms with Gasteiger partial charge < -0.3 is 5.32 Å². The van der Waals surface area contributed by atoms with E-state index < -0.39 is 0 Å². The Bertz CT molecular complexity index is 820. The van der Waals surface area contributed by atoms with Gasteiger partial charge in [-0.3, -0.25) is 4.98 Å². The Morgan fingerprint density at radius 3 is 2.42 bits per heavy atom. The lowest BCUT2D eigenvalue weighted by molar-refractivity contribution is 0.627. The minimum absolute atomic E-state index is 0.242. The van der Waals surface area contributed by atoms with Gasteiger partial charge >= 0.3 is 0 Å². The number of hydrogen-bond donors (Lipinski definition) is 1. The Labute approximate surface area is 141 Å². The molecule has 0 aliphatic carbocycles. The quantitative estimate of drug-likeness (QED) is 0.779. The topological polar surface area (TPSA) is 42.7 Å². The number of pyridine rings is 1. The van der Waals surface area contributed by atoms with E-state index in [9.17, 15) is 4.39 Å². The molecule has 3 aromatic rings. The van der Waals surface area contributed by atoms with E-state index in [-0.39, 0.29) is 5.82 Å². The third-order valence-electron chi connectivity index (χ3n) is 4.12. The van der Waals surface area contributed by atoms with Crippen molar-refractivity contribution in [2.75, 3.05) is 0 Å². The molecule has 4 nitrogen and oxygen atoms in total. The maximum absolute atomic E-state index is 13.1. The van der Waals surface area contributed by atoms with Gasteiger partial charge in [-0.2, -0.15) is 5.10 Å². The fraction of sp³-hybridized carbons (Fsp3) is 0.263. The average molecular weight is 324 g/mol. The minimum atomic E-state index is -0.242. The van der Waals surface area contributed by atoms with E-state index in [0.717, 1.165) is 41.4 Å². The maximum atomic E-state index is 13.1. The van der Waals surface area contributed by atoms with Gasteiger partial charge in [0.25, 0.3) is 0 Å². The highest BCUT2D eigenvalue weighted by Crippen LogP contribution is 2.18. The van der Waals surface area contributed by atoms with Crippen molar-refractivity contribution in [3.63, 3.8) is 0 Å². The van der Waals surface area contributed by atoms with E-state index in [4.69, 9.17) is 0 Å². The number of nitrogens with one attached hydrogen (secondary N) is 1. The first kappa shape index (κ1) is 16.3. The summed E-state index contributed by atoms with van der Waals surface area (Å²) in [7, 11) is 0. The molecule has 0 fully saturated rings. The minimum Gasteiger partial charge on any atom is -0.308 e. The second kappa shape index (κ2) is 6.93. The van der Waals surface area contributed by atoms with Gasteiger partial charge in [0.1, 0.15) is 5.82 Å². The number of nitrogens with zero attached hydrogens (tertiary/aromatic N) is 3. The van der Waals surface area contributed by atoms with Crippen LogP contribution in [0.25, 0.3) is 5.69 Å². The second-order valence-electron chi connectivity index (χ2n) is 5.95. The van der Waals surface area contributed by atoms with Gasteiger partial charge in [-0.1, -0.05) is 6.07 Å². The monoisotopic (exact) mass is 324 g/mol. The van der Waals surface area contributed by atoms with Gasteiger partial charge in [0, 0.05) is 36.2 Å². The normalized spacial score (nSPS) is 11.0. The van der Waals surface area contributed by atoms with Crippen LogP contribution in [0.2, 0.25) is 0 Å². The molecule has 2 aromatic heterocycles. The van der Waals surface area contributed by atoms with E-state index in [1.54, 1.807) is 12.1 Å². The van der Waals surface area contributed by atoms with Crippen LogP contribution >= 0.6 is 0 Å². The van der Waals surface area contributed by atoms with Crippen molar-refractivity contribution in [3.8, 4) is 5.69 Å². The highest BCUT2D eigenvalue weighted by Gasteiger charge is 2.12. The molecular weight excluding hydrogens is 303 g/mol. The molecule has 3 rings (SSSR count). The summed E-state index contributed by atoms with van der Waals surface area (Å²) in [4.78, 5) is 4.30. The van der Waals surface area contributed by atoms with Crippen LogP contribution in [-0.4, -0.2) is 14.8 Å². The van der Waals surface area contributed by atoms with Crippen molar-refractivity contribution in [1.82, 2.24) is 20.1 Å². The number of aryl methyl sites for hydroxylation is 2. The first-order valence-electron chi connectivity index (χ1n) is 7.98. The molecule has 0 unspecified atom stereocenters. The number of hydrogen-bond acceptors (Lipinski definition) is 3. The maximum Gasteiger partial charge on any atom is 0.123 e. The highest BCUT2D eigenvalue weighted by atomic mass is 19.1.